The Morgan fingerprint density at radius 1 is 0.811 bits per heavy atom. The van der Waals surface area contributed by atoms with Gasteiger partial charge in [-0.25, -0.2) is 0 Å². The fourth-order valence-corrected chi connectivity index (χ4v) is 4.61. The Labute approximate surface area is 220 Å². The minimum Gasteiger partial charge on any atom is -0.507 e. The molecule has 0 saturated carbocycles. The van der Waals surface area contributed by atoms with E-state index in [1.165, 1.54) is 4.90 Å². The normalized spacial score (nSPS) is 16.7. The molecule has 5 rings (SSSR count). The first-order chi connectivity index (χ1) is 18.0. The number of aliphatic hydroxyl groups excluding tert-OH is 1. The van der Waals surface area contributed by atoms with Gasteiger partial charge < -0.3 is 14.7 Å². The quantitative estimate of drug-likeness (QED) is 0.169. The van der Waals surface area contributed by atoms with Crippen LogP contribution < -0.4 is 4.74 Å². The van der Waals surface area contributed by atoms with Crippen LogP contribution in [0.5, 0.6) is 11.5 Å². The molecule has 1 fully saturated rings. The number of ether oxygens (including phenoxy) is 1. The van der Waals surface area contributed by atoms with Crippen LogP contribution in [0.15, 0.2) is 115 Å². The van der Waals surface area contributed by atoms with E-state index in [1.54, 1.807) is 30.3 Å². The Morgan fingerprint density at radius 3 is 2.16 bits per heavy atom. The molecule has 6 heteroatoms. The topological polar surface area (TPSA) is 66.8 Å². The van der Waals surface area contributed by atoms with Crippen LogP contribution in [-0.2, 0) is 16.0 Å². The molecular weight excluding hydrogens is 486 g/mol. The first-order valence-electron chi connectivity index (χ1n) is 11.9. The summed E-state index contributed by atoms with van der Waals surface area (Å²) in [5.41, 5.74) is 2.16. The molecule has 4 aromatic rings. The van der Waals surface area contributed by atoms with Crippen LogP contribution in [0.4, 0.5) is 0 Å². The fraction of sp³-hybridized carbons (Fsp3) is 0.0968. The molecule has 37 heavy (non-hydrogen) atoms. The number of Topliss-reactive ketones (excluding diaryl/α,β-unsaturated/α-hetero) is 1. The van der Waals surface area contributed by atoms with Crippen LogP contribution >= 0.6 is 11.6 Å². The van der Waals surface area contributed by atoms with Crippen LogP contribution in [0.25, 0.3) is 5.76 Å². The number of para-hydroxylation sites is 1. The molecule has 184 valence electrons. The molecule has 4 aromatic carbocycles. The predicted molar refractivity (Wildman–Crippen MR) is 144 cm³/mol. The molecular formula is C31H24ClNO4. The highest BCUT2D eigenvalue weighted by molar-refractivity contribution is 6.46. The van der Waals surface area contributed by atoms with E-state index < -0.39 is 17.7 Å². The van der Waals surface area contributed by atoms with Gasteiger partial charge in [0, 0.05) is 17.1 Å². The van der Waals surface area contributed by atoms with Gasteiger partial charge in [-0.3, -0.25) is 9.59 Å². The number of nitrogens with zero attached hydrogens (tertiary/aromatic N) is 1. The van der Waals surface area contributed by atoms with Crippen LogP contribution in [0, 0.1) is 0 Å². The maximum atomic E-state index is 13.3. The Morgan fingerprint density at radius 2 is 1.46 bits per heavy atom. The number of halogens is 1. The third-order valence-corrected chi connectivity index (χ3v) is 6.55. The summed E-state index contributed by atoms with van der Waals surface area (Å²) in [6, 6.07) is 32.1. The summed E-state index contributed by atoms with van der Waals surface area (Å²) < 4.78 is 6.01. The molecule has 5 nitrogen and oxygen atoms in total. The summed E-state index contributed by atoms with van der Waals surface area (Å²) in [4.78, 5) is 28.1. The summed E-state index contributed by atoms with van der Waals surface area (Å²) >= 11 is 6.02. The molecule has 1 aliphatic rings. The van der Waals surface area contributed by atoms with E-state index in [-0.39, 0.29) is 11.3 Å². The highest BCUT2D eigenvalue weighted by Crippen LogP contribution is 2.40. The summed E-state index contributed by atoms with van der Waals surface area (Å²) in [5.74, 6) is -0.384. The lowest BCUT2D eigenvalue weighted by Crippen LogP contribution is -2.31. The number of carbonyl (C=O) groups is 2. The van der Waals surface area contributed by atoms with Crippen molar-refractivity contribution in [2.75, 3.05) is 6.54 Å². The maximum Gasteiger partial charge on any atom is 0.295 e. The second-order valence-electron chi connectivity index (χ2n) is 8.72. The van der Waals surface area contributed by atoms with Crippen LogP contribution in [0.2, 0.25) is 5.02 Å². The maximum absolute atomic E-state index is 13.3. The van der Waals surface area contributed by atoms with Crippen molar-refractivity contribution in [2.24, 2.45) is 0 Å². The summed E-state index contributed by atoms with van der Waals surface area (Å²) in [5, 5.41) is 11.7. The zero-order chi connectivity index (χ0) is 25.8. The van der Waals surface area contributed by atoms with Gasteiger partial charge in [0.1, 0.15) is 17.3 Å². The number of benzene rings is 4. The third kappa shape index (κ3) is 5.27. The zero-order valence-corrected chi connectivity index (χ0v) is 20.6. The summed E-state index contributed by atoms with van der Waals surface area (Å²) in [6.07, 6.45) is 0.561. The lowest BCUT2D eigenvalue weighted by atomic mass is 9.95. The molecule has 1 amide bonds. The minimum atomic E-state index is -0.779. The monoisotopic (exact) mass is 509 g/mol. The van der Waals surface area contributed by atoms with Crippen LogP contribution in [0.3, 0.4) is 0 Å². The van der Waals surface area contributed by atoms with Gasteiger partial charge in [0.05, 0.1) is 11.6 Å². The number of aliphatic hydroxyl groups is 1. The molecule has 1 atom stereocenters. The summed E-state index contributed by atoms with van der Waals surface area (Å²) in [6.45, 7) is 0.306. The van der Waals surface area contributed by atoms with Gasteiger partial charge in [-0.15, -0.1) is 0 Å². The molecule has 0 spiro atoms. The van der Waals surface area contributed by atoms with Crippen LogP contribution in [0.1, 0.15) is 22.7 Å². The van der Waals surface area contributed by atoms with Crippen molar-refractivity contribution in [3.8, 4) is 11.5 Å². The molecule has 1 saturated heterocycles. The lowest BCUT2D eigenvalue weighted by molar-refractivity contribution is -0.139. The van der Waals surface area contributed by atoms with Gasteiger partial charge in [-0.05, 0) is 66.1 Å². The molecule has 1 heterocycles. The summed E-state index contributed by atoms with van der Waals surface area (Å²) in [7, 11) is 0. The average Bonchev–Trinajstić information content (AvgIpc) is 3.18. The van der Waals surface area contributed by atoms with Gasteiger partial charge >= 0.3 is 0 Å². The third-order valence-electron chi connectivity index (χ3n) is 6.29. The van der Waals surface area contributed by atoms with Gasteiger partial charge in [0.2, 0.25) is 0 Å². The van der Waals surface area contributed by atoms with Crippen molar-refractivity contribution in [3.05, 3.63) is 136 Å². The van der Waals surface area contributed by atoms with Gasteiger partial charge in [0.15, 0.2) is 0 Å². The first-order valence-corrected chi connectivity index (χ1v) is 12.3. The molecule has 0 aromatic heterocycles. The second-order valence-corrected chi connectivity index (χ2v) is 9.16. The van der Waals surface area contributed by atoms with E-state index in [4.69, 9.17) is 16.3 Å². The van der Waals surface area contributed by atoms with E-state index in [0.29, 0.717) is 40.6 Å². The van der Waals surface area contributed by atoms with E-state index in [1.807, 2.05) is 78.9 Å². The number of likely N-dealkylation sites (tertiary alicyclic amines) is 1. The van der Waals surface area contributed by atoms with Gasteiger partial charge in [0.25, 0.3) is 11.7 Å². The molecule has 1 N–H and O–H groups in total. The number of rotatable bonds is 7. The van der Waals surface area contributed by atoms with E-state index in [9.17, 15) is 14.7 Å². The molecule has 0 aliphatic carbocycles. The Kier molecular flexibility index (Phi) is 7.06. The smallest absolute Gasteiger partial charge is 0.295 e. The zero-order valence-electron chi connectivity index (χ0n) is 19.9. The Balaban J connectivity index is 1.56. The highest BCUT2D eigenvalue weighted by atomic mass is 35.5. The standard InChI is InChI=1S/C31H24ClNO4/c32-24-16-14-22(15-17-24)29(34)27-28(23-10-7-13-26(20-23)37-25-11-5-2-6-12-25)33(31(36)30(27)35)19-18-21-8-3-1-4-9-21/h1-17,20,28,34H,18-19H2/b29-27+. The molecule has 1 unspecified atom stereocenters. The van der Waals surface area contributed by atoms with Gasteiger partial charge in [-0.1, -0.05) is 72.3 Å². The van der Waals surface area contributed by atoms with Crippen molar-refractivity contribution in [3.63, 3.8) is 0 Å². The van der Waals surface area contributed by atoms with Gasteiger partial charge in [-0.2, -0.15) is 0 Å². The van der Waals surface area contributed by atoms with Crippen molar-refractivity contribution in [1.29, 1.82) is 0 Å². The van der Waals surface area contributed by atoms with Crippen LogP contribution in [-0.4, -0.2) is 28.2 Å². The minimum absolute atomic E-state index is 0.0391. The largest absolute Gasteiger partial charge is 0.507 e. The number of hydrogen-bond acceptors (Lipinski definition) is 4. The van der Waals surface area contributed by atoms with E-state index >= 15 is 0 Å². The molecule has 0 bridgehead atoms. The number of amides is 1. The van der Waals surface area contributed by atoms with E-state index in [0.717, 1.165) is 5.56 Å². The number of ketones is 1. The Hall–Kier alpha value is -4.35. The predicted octanol–water partition coefficient (Wildman–Crippen LogP) is 6.80. The number of hydrogen-bond donors (Lipinski definition) is 1. The lowest BCUT2D eigenvalue weighted by Gasteiger charge is -2.26. The molecule has 0 radical (unpaired) electrons. The molecule has 1 aliphatic heterocycles. The highest BCUT2D eigenvalue weighted by Gasteiger charge is 2.46. The van der Waals surface area contributed by atoms with Crippen molar-refractivity contribution in [2.45, 2.75) is 12.5 Å². The average molecular weight is 510 g/mol. The Bertz CT molecular complexity index is 1450. The second kappa shape index (κ2) is 10.7. The first kappa shape index (κ1) is 24.3. The van der Waals surface area contributed by atoms with Crippen molar-refractivity contribution >= 4 is 29.1 Å². The fourth-order valence-electron chi connectivity index (χ4n) is 4.49. The van der Waals surface area contributed by atoms with E-state index in [2.05, 4.69) is 0 Å². The van der Waals surface area contributed by atoms with Crippen molar-refractivity contribution in [1.82, 2.24) is 4.90 Å². The van der Waals surface area contributed by atoms with Crippen molar-refractivity contribution < 1.29 is 19.4 Å². The number of carbonyl (C=O) groups excluding carboxylic acids is 2. The SMILES string of the molecule is O=C1C(=O)N(CCc2ccccc2)C(c2cccc(Oc3ccccc3)c2)/C1=C(\O)c1ccc(Cl)cc1.